The predicted octanol–water partition coefficient (Wildman–Crippen LogP) is 0.398. The first-order valence-corrected chi connectivity index (χ1v) is 10.2. The minimum atomic E-state index is -4.38. The highest BCUT2D eigenvalue weighted by molar-refractivity contribution is 7.80. The fourth-order valence-electron chi connectivity index (χ4n) is 2.33. The van der Waals surface area contributed by atoms with Crippen LogP contribution >= 0.6 is 27.8 Å². The number of hydrogen-bond acceptors (Lipinski definition) is 4. The SMILES string of the molecule is O=P(O)(O)CCC(C1CCC(CS)CN1)P(=O)(O)O. The lowest BCUT2D eigenvalue weighted by atomic mass is 9.93. The third-order valence-corrected chi connectivity index (χ3v) is 6.26. The molecule has 1 heterocycles. The minimum Gasteiger partial charge on any atom is -0.324 e. The molecule has 19 heavy (non-hydrogen) atoms. The molecule has 5 N–H and O–H groups in total. The summed E-state index contributed by atoms with van der Waals surface area (Å²) < 4.78 is 22.3. The van der Waals surface area contributed by atoms with E-state index in [1.165, 1.54) is 0 Å². The van der Waals surface area contributed by atoms with Crippen molar-refractivity contribution in [1.82, 2.24) is 5.32 Å². The lowest BCUT2D eigenvalue weighted by Crippen LogP contribution is -2.46. The molecule has 0 spiro atoms. The molecule has 7 nitrogen and oxygen atoms in total. The van der Waals surface area contributed by atoms with Gasteiger partial charge in [0.05, 0.1) is 11.8 Å². The number of hydrogen-bond donors (Lipinski definition) is 6. The topological polar surface area (TPSA) is 127 Å². The molecule has 10 heteroatoms. The Morgan fingerprint density at radius 3 is 2.21 bits per heavy atom. The highest BCUT2D eigenvalue weighted by Gasteiger charge is 2.38. The number of rotatable bonds is 6. The molecule has 0 aromatic carbocycles. The molecule has 0 aromatic rings. The molecule has 0 saturated carbocycles. The van der Waals surface area contributed by atoms with Crippen LogP contribution in [0, 0.1) is 5.92 Å². The minimum absolute atomic E-state index is 0.183. The van der Waals surface area contributed by atoms with Gasteiger partial charge in [-0.15, -0.1) is 0 Å². The molecule has 0 radical (unpaired) electrons. The summed E-state index contributed by atoms with van der Waals surface area (Å²) in [6, 6.07) is -0.400. The molecule has 1 aliphatic heterocycles. The molecule has 1 aliphatic rings. The molecular formula is C9H21NO6P2S. The van der Waals surface area contributed by atoms with Gasteiger partial charge in [-0.2, -0.15) is 12.6 Å². The zero-order chi connectivity index (χ0) is 14.7. The van der Waals surface area contributed by atoms with E-state index < -0.39 is 33.1 Å². The highest BCUT2D eigenvalue weighted by atomic mass is 32.1. The van der Waals surface area contributed by atoms with Crippen LogP contribution in [0.25, 0.3) is 0 Å². The lowest BCUT2D eigenvalue weighted by molar-refractivity contribution is 0.283. The van der Waals surface area contributed by atoms with E-state index in [4.69, 9.17) is 9.79 Å². The van der Waals surface area contributed by atoms with Crippen LogP contribution in [-0.2, 0) is 9.13 Å². The van der Waals surface area contributed by atoms with E-state index in [-0.39, 0.29) is 6.42 Å². The zero-order valence-electron chi connectivity index (χ0n) is 10.4. The van der Waals surface area contributed by atoms with E-state index in [2.05, 4.69) is 17.9 Å². The summed E-state index contributed by atoms with van der Waals surface area (Å²) in [6.07, 6.45) is 0.713. The van der Waals surface area contributed by atoms with Gasteiger partial charge in [-0.3, -0.25) is 9.13 Å². The normalized spacial score (nSPS) is 27.2. The molecule has 0 bridgehead atoms. The second-order valence-electron chi connectivity index (χ2n) is 4.97. The van der Waals surface area contributed by atoms with Gasteiger partial charge in [-0.1, -0.05) is 0 Å². The van der Waals surface area contributed by atoms with Gasteiger partial charge < -0.3 is 24.9 Å². The molecule has 1 saturated heterocycles. The van der Waals surface area contributed by atoms with Crippen LogP contribution in [0.3, 0.4) is 0 Å². The molecule has 3 atom stereocenters. The first kappa shape index (κ1) is 17.7. The van der Waals surface area contributed by atoms with Gasteiger partial charge in [0.1, 0.15) is 0 Å². The van der Waals surface area contributed by atoms with Crippen molar-refractivity contribution in [2.75, 3.05) is 18.5 Å². The van der Waals surface area contributed by atoms with Crippen LogP contribution in [0.2, 0.25) is 0 Å². The molecule has 1 fully saturated rings. The number of nitrogens with one attached hydrogen (secondary N) is 1. The molecule has 0 amide bonds. The van der Waals surface area contributed by atoms with Crippen molar-refractivity contribution in [3.63, 3.8) is 0 Å². The van der Waals surface area contributed by atoms with E-state index in [1.54, 1.807) is 0 Å². The Morgan fingerprint density at radius 1 is 1.21 bits per heavy atom. The molecule has 0 aromatic heterocycles. The van der Waals surface area contributed by atoms with Crippen LogP contribution in [0.1, 0.15) is 19.3 Å². The maximum atomic E-state index is 11.5. The third-order valence-electron chi connectivity index (χ3n) is 3.43. The summed E-state index contributed by atoms with van der Waals surface area (Å²) in [7, 11) is -8.63. The summed E-state index contributed by atoms with van der Waals surface area (Å²) in [4.78, 5) is 36.4. The zero-order valence-corrected chi connectivity index (χ0v) is 13.1. The average molecular weight is 333 g/mol. The number of piperidine rings is 1. The van der Waals surface area contributed by atoms with Gasteiger partial charge in [-0.05, 0) is 37.5 Å². The van der Waals surface area contributed by atoms with Crippen molar-refractivity contribution in [3.05, 3.63) is 0 Å². The highest BCUT2D eigenvalue weighted by Crippen LogP contribution is 2.48. The maximum Gasteiger partial charge on any atom is 0.330 e. The van der Waals surface area contributed by atoms with E-state index in [0.29, 0.717) is 24.6 Å². The second kappa shape index (κ2) is 7.05. The van der Waals surface area contributed by atoms with Crippen molar-refractivity contribution >= 4 is 27.8 Å². The van der Waals surface area contributed by atoms with E-state index in [9.17, 15) is 18.9 Å². The monoisotopic (exact) mass is 333 g/mol. The lowest BCUT2D eigenvalue weighted by Gasteiger charge is -2.34. The molecule has 1 rings (SSSR count). The van der Waals surface area contributed by atoms with Crippen LogP contribution < -0.4 is 5.32 Å². The summed E-state index contributed by atoms with van der Waals surface area (Å²) in [5.74, 6) is 1.08. The molecular weight excluding hydrogens is 312 g/mol. The average Bonchev–Trinajstić information content (AvgIpc) is 2.26. The first-order valence-electron chi connectivity index (χ1n) is 6.07. The second-order valence-corrected chi connectivity index (χ2v) is 8.96. The largest absolute Gasteiger partial charge is 0.330 e. The van der Waals surface area contributed by atoms with Crippen LogP contribution in [0.15, 0.2) is 0 Å². The Kier molecular flexibility index (Phi) is 6.55. The van der Waals surface area contributed by atoms with Crippen molar-refractivity contribution in [3.8, 4) is 0 Å². The van der Waals surface area contributed by atoms with E-state index in [0.717, 1.165) is 6.42 Å². The fourth-order valence-corrected chi connectivity index (χ4v) is 4.64. The Balaban J connectivity index is 2.66. The van der Waals surface area contributed by atoms with Gasteiger partial charge in [0.25, 0.3) is 0 Å². The van der Waals surface area contributed by atoms with Crippen molar-refractivity contribution in [2.24, 2.45) is 5.92 Å². The fraction of sp³-hybridized carbons (Fsp3) is 1.00. The molecule has 114 valence electrons. The van der Waals surface area contributed by atoms with Crippen LogP contribution in [0.5, 0.6) is 0 Å². The summed E-state index contributed by atoms with van der Waals surface area (Å²) >= 11 is 4.18. The summed E-state index contributed by atoms with van der Waals surface area (Å²) in [5, 5.41) is 3.07. The van der Waals surface area contributed by atoms with E-state index in [1.807, 2.05) is 0 Å². The Labute approximate surface area is 117 Å². The number of thiol groups is 1. The van der Waals surface area contributed by atoms with Crippen LogP contribution in [-0.4, -0.2) is 49.7 Å². The van der Waals surface area contributed by atoms with Crippen LogP contribution in [0.4, 0.5) is 0 Å². The Morgan fingerprint density at radius 2 is 1.84 bits per heavy atom. The standard InChI is InChI=1S/C9H21NO6P2S/c11-17(12,13)4-3-9(18(14,15)16)8-2-1-7(6-19)5-10-8/h7-10,19H,1-6H2,(H2,11,12,13)(H2,14,15,16). The van der Waals surface area contributed by atoms with Gasteiger partial charge in [-0.25, -0.2) is 0 Å². The molecule has 0 aliphatic carbocycles. The van der Waals surface area contributed by atoms with Crippen molar-refractivity contribution in [1.29, 1.82) is 0 Å². The Bertz CT molecular complexity index is 375. The van der Waals surface area contributed by atoms with Gasteiger partial charge >= 0.3 is 15.2 Å². The maximum absolute atomic E-state index is 11.5. The smallest absolute Gasteiger partial charge is 0.324 e. The van der Waals surface area contributed by atoms with Gasteiger partial charge in [0, 0.05) is 6.04 Å². The van der Waals surface area contributed by atoms with E-state index >= 15 is 0 Å². The molecule has 3 unspecified atom stereocenters. The predicted molar refractivity (Wildman–Crippen MR) is 75.7 cm³/mol. The van der Waals surface area contributed by atoms with Crippen molar-refractivity contribution < 1.29 is 28.7 Å². The van der Waals surface area contributed by atoms with Gasteiger partial charge in [0.2, 0.25) is 0 Å². The van der Waals surface area contributed by atoms with Crippen molar-refractivity contribution in [2.45, 2.75) is 31.0 Å². The quantitative estimate of drug-likeness (QED) is 0.307. The van der Waals surface area contributed by atoms with Gasteiger partial charge in [0.15, 0.2) is 0 Å². The first-order chi connectivity index (χ1) is 8.63. The summed E-state index contributed by atoms with van der Waals surface area (Å²) in [5.41, 5.74) is -1.04. The third kappa shape index (κ3) is 6.27. The Hall–Kier alpha value is 0.610. The summed E-state index contributed by atoms with van der Waals surface area (Å²) in [6.45, 7) is 0.626.